The molecule has 2 fully saturated rings. The number of anilines is 1. The highest BCUT2D eigenvalue weighted by molar-refractivity contribution is 7.61. The molecule has 2 aromatic rings. The number of fused-ring (bicyclic) bond motifs is 1. The molecule has 22 heteroatoms. The smallest absolute Gasteiger partial charge is 0.388 e. The van der Waals surface area contributed by atoms with Crippen molar-refractivity contribution in [3.8, 4) is 0 Å². The molecule has 2 aliphatic heterocycles. The lowest BCUT2D eigenvalue weighted by Gasteiger charge is -2.38. The van der Waals surface area contributed by atoms with Crippen molar-refractivity contribution >= 4 is 32.8 Å². The Labute approximate surface area is 211 Å². The lowest BCUT2D eigenvalue weighted by molar-refractivity contribution is -0.271. The van der Waals surface area contributed by atoms with Crippen LogP contribution in [0.2, 0.25) is 0 Å². The van der Waals surface area contributed by atoms with E-state index in [1.807, 2.05) is 0 Å². The molecular formula is C16H25N5O15P2. The largest absolute Gasteiger partial charge is 0.483 e. The second kappa shape index (κ2) is 10.6. The Balaban J connectivity index is 1.39. The van der Waals surface area contributed by atoms with Gasteiger partial charge in [-0.3, -0.25) is 23.4 Å². The fourth-order valence-corrected chi connectivity index (χ4v) is 5.96. The molecule has 38 heavy (non-hydrogen) atoms. The number of nitrogen functional groups attached to an aromatic ring is 1. The van der Waals surface area contributed by atoms with Gasteiger partial charge in [0.2, 0.25) is 5.95 Å². The van der Waals surface area contributed by atoms with Crippen molar-refractivity contribution < 1.29 is 67.3 Å². The third-order valence-corrected chi connectivity index (χ3v) is 8.32. The quantitative estimate of drug-likeness (QED) is 0.134. The van der Waals surface area contributed by atoms with Crippen LogP contribution in [0.4, 0.5) is 5.95 Å². The van der Waals surface area contributed by atoms with Crippen LogP contribution in [0.5, 0.6) is 0 Å². The van der Waals surface area contributed by atoms with Gasteiger partial charge in [-0.2, -0.15) is 9.29 Å². The fraction of sp³-hybridized carbons (Fsp3) is 0.688. The van der Waals surface area contributed by atoms with Crippen LogP contribution in [0, 0.1) is 0 Å². The number of H-pyrrole nitrogens is 1. The molecular weight excluding hydrogens is 564 g/mol. The number of aliphatic hydroxyl groups is 5. The van der Waals surface area contributed by atoms with Crippen molar-refractivity contribution in [2.45, 2.75) is 62.2 Å². The van der Waals surface area contributed by atoms with Crippen molar-refractivity contribution in [2.24, 2.45) is 0 Å². The van der Waals surface area contributed by atoms with E-state index in [-0.39, 0.29) is 17.1 Å². The summed E-state index contributed by atoms with van der Waals surface area (Å²) >= 11 is 0. The maximum absolute atomic E-state index is 12.3. The summed E-state index contributed by atoms with van der Waals surface area (Å²) in [5.41, 5.74) is 4.59. The molecule has 0 aliphatic carbocycles. The summed E-state index contributed by atoms with van der Waals surface area (Å²) in [6, 6.07) is 0. The van der Waals surface area contributed by atoms with Crippen LogP contribution in [-0.4, -0.2) is 110 Å². The van der Waals surface area contributed by atoms with Gasteiger partial charge in [-0.1, -0.05) is 0 Å². The molecule has 0 bridgehead atoms. The number of imidazole rings is 1. The second-order valence-corrected chi connectivity index (χ2v) is 11.4. The number of nitrogens with one attached hydrogen (secondary N) is 1. The average Bonchev–Trinajstić information content (AvgIpc) is 3.35. The van der Waals surface area contributed by atoms with Crippen LogP contribution >= 0.6 is 15.6 Å². The zero-order valence-corrected chi connectivity index (χ0v) is 21.0. The average molecular weight is 589 g/mol. The summed E-state index contributed by atoms with van der Waals surface area (Å²) in [6.07, 6.45) is -13.8. The van der Waals surface area contributed by atoms with E-state index in [0.717, 1.165) is 10.9 Å². The number of rotatable bonds is 8. The molecule has 214 valence electrons. The van der Waals surface area contributed by atoms with Gasteiger partial charge in [0, 0.05) is 0 Å². The molecule has 11 atom stereocenters. The van der Waals surface area contributed by atoms with E-state index >= 15 is 0 Å². The monoisotopic (exact) mass is 589 g/mol. The second-order valence-electron chi connectivity index (χ2n) is 8.42. The van der Waals surface area contributed by atoms with Gasteiger partial charge in [0.25, 0.3) is 5.56 Å². The summed E-state index contributed by atoms with van der Waals surface area (Å²) in [5.74, 6) is -0.266. The number of aromatic amines is 1. The van der Waals surface area contributed by atoms with Gasteiger partial charge in [-0.25, -0.2) is 14.1 Å². The molecule has 0 saturated carbocycles. The van der Waals surface area contributed by atoms with E-state index in [0.29, 0.717) is 0 Å². The minimum Gasteiger partial charge on any atom is -0.388 e. The SMILES string of the molecule is CC1OC(OP(=O)(O)OP(=O)(O)OC[C@H]2O[C@@H](n3cnc4c(=O)[nH]c(N)nc43)[C@H](O)[C@@H]2O)C(O)C(O)C1O. The number of aromatic nitrogens is 4. The number of nitrogens with two attached hydrogens (primary N) is 1. The normalized spacial score (nSPS) is 37.2. The molecule has 0 spiro atoms. The number of hydrogen-bond donors (Lipinski definition) is 9. The number of phosphoric acid groups is 2. The first kappa shape index (κ1) is 29.1. The lowest BCUT2D eigenvalue weighted by Crippen LogP contribution is -2.57. The Bertz CT molecular complexity index is 1320. The number of phosphoric ester groups is 2. The van der Waals surface area contributed by atoms with Crippen LogP contribution in [0.3, 0.4) is 0 Å². The molecule has 7 unspecified atom stereocenters. The lowest BCUT2D eigenvalue weighted by atomic mass is 10.0. The van der Waals surface area contributed by atoms with Gasteiger partial charge in [-0.15, -0.1) is 0 Å². The molecule has 0 radical (unpaired) electrons. The highest BCUT2D eigenvalue weighted by Gasteiger charge is 2.49. The molecule has 20 nitrogen and oxygen atoms in total. The topological polar surface area (TPSA) is 311 Å². The van der Waals surface area contributed by atoms with Crippen LogP contribution in [0.25, 0.3) is 11.2 Å². The summed E-state index contributed by atoms with van der Waals surface area (Å²) in [5, 5.41) is 50.0. The van der Waals surface area contributed by atoms with Crippen LogP contribution in [0.15, 0.2) is 11.1 Å². The van der Waals surface area contributed by atoms with Crippen molar-refractivity contribution in [1.82, 2.24) is 19.5 Å². The van der Waals surface area contributed by atoms with Crippen molar-refractivity contribution in [3.63, 3.8) is 0 Å². The zero-order valence-electron chi connectivity index (χ0n) is 19.2. The predicted octanol–water partition coefficient (Wildman–Crippen LogP) is -3.60. The van der Waals surface area contributed by atoms with Crippen molar-refractivity contribution in [3.05, 3.63) is 16.7 Å². The number of ether oxygens (including phenoxy) is 2. The summed E-state index contributed by atoms with van der Waals surface area (Å²) in [6.45, 7) is 0.291. The number of aliphatic hydroxyl groups excluding tert-OH is 5. The highest BCUT2D eigenvalue weighted by atomic mass is 31.3. The molecule has 0 aromatic carbocycles. The van der Waals surface area contributed by atoms with E-state index in [1.165, 1.54) is 6.92 Å². The maximum atomic E-state index is 12.3. The zero-order chi connectivity index (χ0) is 28.2. The maximum Gasteiger partial charge on any atom is 0.483 e. The van der Waals surface area contributed by atoms with E-state index in [4.69, 9.17) is 15.2 Å². The fourth-order valence-electron chi connectivity index (χ4n) is 3.80. The van der Waals surface area contributed by atoms with E-state index < -0.39 is 83.1 Å². The standard InChI is InChI=1S/C16H25N5O15P2/c1-4-7(22)9(24)11(26)15(33-4)35-38(30,31)36-37(28,29)32-2-5-8(23)10(25)14(34-5)21-3-18-6-12(21)19-16(17)20-13(6)27/h3-5,7-11,14-15,22-26H,2H2,1H3,(H,28,29)(H,30,31)(H3,17,19,20,27)/t4?,5-,7?,8-,9?,10-,11?,14-,15?/m1/s1. The first-order valence-electron chi connectivity index (χ1n) is 10.7. The van der Waals surface area contributed by atoms with Crippen LogP contribution in [-0.2, 0) is 32.0 Å². The number of nitrogens with zero attached hydrogens (tertiary/aromatic N) is 3. The molecule has 2 saturated heterocycles. The third kappa shape index (κ3) is 5.83. The molecule has 4 rings (SSSR count). The molecule has 2 aliphatic rings. The van der Waals surface area contributed by atoms with Gasteiger partial charge < -0.3 is 50.5 Å². The summed E-state index contributed by atoms with van der Waals surface area (Å²) < 4.78 is 49.3. The summed E-state index contributed by atoms with van der Waals surface area (Å²) in [7, 11) is -10.9. The third-order valence-electron chi connectivity index (χ3n) is 5.72. The van der Waals surface area contributed by atoms with Gasteiger partial charge in [-0.05, 0) is 6.92 Å². The van der Waals surface area contributed by atoms with Gasteiger partial charge in [0.1, 0.15) is 36.6 Å². The molecule has 2 aromatic heterocycles. The first-order valence-corrected chi connectivity index (χ1v) is 13.7. The number of hydrogen-bond acceptors (Lipinski definition) is 16. The van der Waals surface area contributed by atoms with Crippen LogP contribution in [0.1, 0.15) is 13.2 Å². The Morgan fingerprint density at radius 3 is 2.42 bits per heavy atom. The first-order chi connectivity index (χ1) is 17.6. The Kier molecular flexibility index (Phi) is 8.12. The summed E-state index contributed by atoms with van der Waals surface area (Å²) in [4.78, 5) is 41.7. The van der Waals surface area contributed by atoms with Gasteiger partial charge in [0.15, 0.2) is 23.7 Å². The van der Waals surface area contributed by atoms with Crippen molar-refractivity contribution in [2.75, 3.05) is 12.3 Å². The van der Waals surface area contributed by atoms with Crippen molar-refractivity contribution in [1.29, 1.82) is 0 Å². The Hall–Kier alpha value is -1.87. The van der Waals surface area contributed by atoms with E-state index in [2.05, 4.69) is 28.3 Å². The predicted molar refractivity (Wildman–Crippen MR) is 119 cm³/mol. The highest BCUT2D eigenvalue weighted by Crippen LogP contribution is 2.61. The Morgan fingerprint density at radius 1 is 1.05 bits per heavy atom. The van der Waals surface area contributed by atoms with Crippen LogP contribution < -0.4 is 11.3 Å². The van der Waals surface area contributed by atoms with E-state index in [9.17, 15) is 49.2 Å². The minimum atomic E-state index is -5.50. The van der Waals surface area contributed by atoms with Gasteiger partial charge in [0.05, 0.1) is 19.0 Å². The molecule has 0 amide bonds. The van der Waals surface area contributed by atoms with Gasteiger partial charge >= 0.3 is 15.6 Å². The molecule has 10 N–H and O–H groups in total. The van der Waals surface area contributed by atoms with E-state index in [1.54, 1.807) is 0 Å². The molecule has 4 heterocycles. The Morgan fingerprint density at radius 2 is 1.74 bits per heavy atom. The minimum absolute atomic E-state index is 0.0994.